The largest absolute Gasteiger partial charge is 0.364 e. The molecule has 2 rings (SSSR count). The minimum absolute atomic E-state index is 0.102. The molecule has 0 radical (unpaired) electrons. The fourth-order valence-corrected chi connectivity index (χ4v) is 3.18. The van der Waals surface area contributed by atoms with Gasteiger partial charge in [0.15, 0.2) is 15.8 Å². The lowest BCUT2D eigenvalue weighted by atomic mass is 10.3. The zero-order valence-electron chi connectivity index (χ0n) is 14.4. The zero-order chi connectivity index (χ0) is 17.4. The summed E-state index contributed by atoms with van der Waals surface area (Å²) in [5, 5.41) is 7.19. The maximum absolute atomic E-state index is 11.6. The lowest BCUT2D eigenvalue weighted by Crippen LogP contribution is -2.52. The second kappa shape index (κ2) is 9.03. The van der Waals surface area contributed by atoms with E-state index in [1.54, 1.807) is 13.2 Å². The van der Waals surface area contributed by atoms with E-state index >= 15 is 0 Å². The number of piperazine rings is 1. The molecule has 1 aliphatic heterocycles. The van der Waals surface area contributed by atoms with Crippen LogP contribution in [0, 0.1) is 0 Å². The highest BCUT2D eigenvalue weighted by atomic mass is 32.2. The molecule has 0 unspecified atom stereocenters. The van der Waals surface area contributed by atoms with Crippen molar-refractivity contribution in [1.29, 1.82) is 0 Å². The lowest BCUT2D eigenvalue weighted by molar-refractivity contribution is 0.169. The van der Waals surface area contributed by atoms with Crippen molar-refractivity contribution in [2.24, 2.45) is 4.99 Å². The molecule has 1 aliphatic rings. The van der Waals surface area contributed by atoms with Crippen LogP contribution in [0.4, 0.5) is 0 Å². The predicted molar refractivity (Wildman–Crippen MR) is 93.7 cm³/mol. The molecule has 1 N–H and O–H groups in total. The van der Waals surface area contributed by atoms with Crippen LogP contribution in [-0.2, 0) is 16.4 Å². The van der Waals surface area contributed by atoms with Crippen molar-refractivity contribution < 1.29 is 12.9 Å². The Balaban J connectivity index is 1.85. The first-order chi connectivity index (χ1) is 11.5. The van der Waals surface area contributed by atoms with Crippen LogP contribution in [0.15, 0.2) is 21.8 Å². The van der Waals surface area contributed by atoms with Gasteiger partial charge in [0.2, 0.25) is 0 Å². The Morgan fingerprint density at radius 3 is 2.67 bits per heavy atom. The van der Waals surface area contributed by atoms with Crippen LogP contribution in [0.3, 0.4) is 0 Å². The molecule has 9 heteroatoms. The number of aliphatic imine (C=N–C) groups is 1. The summed E-state index contributed by atoms with van der Waals surface area (Å²) in [5.41, 5.74) is 0.939. The molecule has 0 aromatic carbocycles. The Labute approximate surface area is 143 Å². The van der Waals surface area contributed by atoms with E-state index in [9.17, 15) is 8.42 Å². The van der Waals surface area contributed by atoms with Crippen LogP contribution in [0.2, 0.25) is 0 Å². The van der Waals surface area contributed by atoms with Crippen molar-refractivity contribution in [3.8, 4) is 0 Å². The van der Waals surface area contributed by atoms with Crippen molar-refractivity contribution in [3.05, 3.63) is 18.0 Å². The molecule has 136 valence electrons. The molecular formula is C15H27N5O3S. The summed E-state index contributed by atoms with van der Waals surface area (Å²) >= 11 is 0. The van der Waals surface area contributed by atoms with E-state index in [1.807, 2.05) is 13.0 Å². The van der Waals surface area contributed by atoms with Gasteiger partial charge in [0.05, 0.1) is 18.0 Å². The van der Waals surface area contributed by atoms with E-state index < -0.39 is 9.84 Å². The Kier molecular flexibility index (Phi) is 7.04. The van der Waals surface area contributed by atoms with Gasteiger partial charge in [-0.05, 0) is 6.92 Å². The monoisotopic (exact) mass is 357 g/mol. The van der Waals surface area contributed by atoms with Crippen LogP contribution in [0.5, 0.6) is 0 Å². The molecule has 0 atom stereocenters. The smallest absolute Gasteiger partial charge is 0.194 e. The van der Waals surface area contributed by atoms with Crippen molar-refractivity contribution >= 4 is 15.8 Å². The van der Waals surface area contributed by atoms with Gasteiger partial charge in [-0.2, -0.15) is 0 Å². The molecule has 0 spiro atoms. The average Bonchev–Trinajstić information content (AvgIpc) is 3.08. The number of guanidine groups is 1. The minimum Gasteiger partial charge on any atom is -0.364 e. The van der Waals surface area contributed by atoms with Crippen LogP contribution in [-0.4, -0.2) is 80.1 Å². The van der Waals surface area contributed by atoms with Gasteiger partial charge in [-0.1, -0.05) is 12.1 Å². The number of hydrogen-bond acceptors (Lipinski definition) is 6. The number of hydrogen-bond donors (Lipinski definition) is 1. The highest BCUT2D eigenvalue weighted by molar-refractivity contribution is 7.91. The second-order valence-corrected chi connectivity index (χ2v) is 8.20. The quantitative estimate of drug-likeness (QED) is 0.550. The Morgan fingerprint density at radius 2 is 2.08 bits per heavy atom. The van der Waals surface area contributed by atoms with Crippen molar-refractivity contribution in [2.45, 2.75) is 20.4 Å². The van der Waals surface area contributed by atoms with Gasteiger partial charge in [-0.15, -0.1) is 0 Å². The van der Waals surface area contributed by atoms with E-state index in [-0.39, 0.29) is 11.5 Å². The summed E-state index contributed by atoms with van der Waals surface area (Å²) in [4.78, 5) is 8.98. The maximum Gasteiger partial charge on any atom is 0.194 e. The fourth-order valence-electron chi connectivity index (χ4n) is 2.53. The lowest BCUT2D eigenvalue weighted by Gasteiger charge is -2.36. The number of aromatic nitrogens is 1. The van der Waals surface area contributed by atoms with E-state index in [4.69, 9.17) is 4.52 Å². The first kappa shape index (κ1) is 18.7. The van der Waals surface area contributed by atoms with Gasteiger partial charge in [0, 0.05) is 51.1 Å². The third-order valence-electron chi connectivity index (χ3n) is 3.99. The van der Waals surface area contributed by atoms with Gasteiger partial charge < -0.3 is 14.7 Å². The molecule has 1 saturated heterocycles. The Morgan fingerprint density at radius 1 is 1.33 bits per heavy atom. The summed E-state index contributed by atoms with van der Waals surface area (Å²) in [6.45, 7) is 9.05. The van der Waals surface area contributed by atoms with Crippen LogP contribution in [0.25, 0.3) is 0 Å². The molecule has 24 heavy (non-hydrogen) atoms. The van der Waals surface area contributed by atoms with E-state index in [0.29, 0.717) is 6.54 Å². The van der Waals surface area contributed by atoms with E-state index in [1.165, 1.54) is 0 Å². The number of nitrogens with one attached hydrogen (secondary N) is 1. The topological polar surface area (TPSA) is 91.0 Å². The van der Waals surface area contributed by atoms with Crippen LogP contribution >= 0.6 is 0 Å². The fraction of sp³-hybridized carbons (Fsp3) is 0.733. The molecule has 0 saturated carbocycles. The van der Waals surface area contributed by atoms with Crippen LogP contribution in [0.1, 0.15) is 19.5 Å². The van der Waals surface area contributed by atoms with E-state index in [0.717, 1.165) is 50.9 Å². The summed E-state index contributed by atoms with van der Waals surface area (Å²) in [7, 11) is -2.98. The molecule has 2 heterocycles. The molecule has 0 aliphatic carbocycles. The first-order valence-electron chi connectivity index (χ1n) is 8.39. The number of nitrogens with zero attached hydrogens (tertiary/aromatic N) is 4. The van der Waals surface area contributed by atoms with E-state index in [2.05, 4.69) is 25.3 Å². The third kappa shape index (κ3) is 5.79. The molecule has 1 fully saturated rings. The van der Waals surface area contributed by atoms with Gasteiger partial charge >= 0.3 is 0 Å². The highest BCUT2D eigenvalue weighted by Gasteiger charge is 2.20. The highest BCUT2D eigenvalue weighted by Crippen LogP contribution is 2.07. The Bertz CT molecular complexity index is 607. The average molecular weight is 357 g/mol. The third-order valence-corrected chi connectivity index (χ3v) is 5.67. The van der Waals surface area contributed by atoms with Crippen LogP contribution < -0.4 is 5.32 Å². The first-order valence-corrected chi connectivity index (χ1v) is 10.2. The second-order valence-electron chi connectivity index (χ2n) is 5.73. The van der Waals surface area contributed by atoms with Crippen molar-refractivity contribution in [3.63, 3.8) is 0 Å². The number of rotatable bonds is 7. The van der Waals surface area contributed by atoms with Gasteiger partial charge in [-0.25, -0.2) is 8.42 Å². The number of sulfone groups is 1. The normalized spacial score (nSPS) is 17.2. The van der Waals surface area contributed by atoms with Gasteiger partial charge in [-0.3, -0.25) is 9.89 Å². The summed E-state index contributed by atoms with van der Waals surface area (Å²) in [6.07, 6.45) is 1.59. The molecule has 8 nitrogen and oxygen atoms in total. The van der Waals surface area contributed by atoms with Crippen molar-refractivity contribution in [1.82, 2.24) is 20.3 Å². The van der Waals surface area contributed by atoms with Gasteiger partial charge in [0.1, 0.15) is 6.26 Å². The maximum atomic E-state index is 11.6. The zero-order valence-corrected chi connectivity index (χ0v) is 15.3. The Hall–Kier alpha value is -1.61. The summed E-state index contributed by atoms with van der Waals surface area (Å²) < 4.78 is 28.0. The molecule has 1 aromatic rings. The molecule has 0 amide bonds. The summed E-state index contributed by atoms with van der Waals surface area (Å²) in [6, 6.07) is 1.88. The predicted octanol–water partition coefficient (Wildman–Crippen LogP) is 0.192. The van der Waals surface area contributed by atoms with Crippen molar-refractivity contribution in [2.75, 3.05) is 50.8 Å². The van der Waals surface area contributed by atoms with Gasteiger partial charge in [0.25, 0.3) is 0 Å². The standard InChI is InChI=1S/C15H27N5O3S/c1-3-16-15(17-6-12-24(21,22)4-2)20-9-7-19(8-10-20)13-14-5-11-23-18-14/h5,11H,3-4,6-10,12-13H2,1-2H3,(H,16,17). The summed E-state index contributed by atoms with van der Waals surface area (Å²) in [5.74, 6) is 1.06. The molecule has 1 aromatic heterocycles. The molecule has 0 bridgehead atoms. The minimum atomic E-state index is -2.98. The molecular weight excluding hydrogens is 330 g/mol. The SMILES string of the molecule is CCNC(=NCCS(=O)(=O)CC)N1CCN(Cc2ccon2)CC1.